The topological polar surface area (TPSA) is 142 Å². The molecule has 0 amide bonds. The van der Waals surface area contributed by atoms with E-state index in [2.05, 4.69) is 20.2 Å². The van der Waals surface area contributed by atoms with Crippen LogP contribution in [-0.2, 0) is 34.0 Å². The van der Waals surface area contributed by atoms with Crippen molar-refractivity contribution in [2.75, 3.05) is 0 Å². The molecule has 2 unspecified atom stereocenters. The van der Waals surface area contributed by atoms with E-state index in [1.165, 1.54) is 6.01 Å². The minimum atomic E-state index is -5.71. The van der Waals surface area contributed by atoms with Gasteiger partial charge in [-0.25, -0.2) is 17.8 Å². The molecule has 53 heavy (non-hydrogen) atoms. The lowest BCUT2D eigenvalue weighted by Gasteiger charge is -2.13. The number of hydrogen-bond donors (Lipinski definition) is 0. The summed E-state index contributed by atoms with van der Waals surface area (Å²) in [6.45, 7) is 0. The fraction of sp³-hybridized carbons (Fsp3) is 0.160. The van der Waals surface area contributed by atoms with Crippen LogP contribution in [-0.4, -0.2) is 45.0 Å². The van der Waals surface area contributed by atoms with E-state index < -0.39 is 120 Å². The summed E-state index contributed by atoms with van der Waals surface area (Å²) in [4.78, 5) is 3.42. The maximum atomic E-state index is 13.7. The van der Waals surface area contributed by atoms with Crippen molar-refractivity contribution >= 4 is 85.6 Å². The van der Waals surface area contributed by atoms with Gasteiger partial charge < -0.3 is 0 Å². The van der Waals surface area contributed by atoms with Gasteiger partial charge in [0.15, 0.2) is 44.6 Å². The zero-order chi connectivity index (χ0) is 40.2. The number of nitrogens with zero attached hydrogens (tertiary/aromatic N) is 8. The van der Waals surface area contributed by atoms with Gasteiger partial charge >= 0.3 is 23.4 Å². The van der Waals surface area contributed by atoms with Crippen molar-refractivity contribution in [3.8, 4) is 23.5 Å². The minimum absolute atomic E-state index is 0.0846. The molecule has 2 heterocycles. The molecule has 4 rings (SSSR count). The Morgan fingerprint density at radius 2 is 0.868 bits per heavy atom. The number of alkyl halides is 12. The Kier molecular flexibility index (Phi) is 11.4. The summed E-state index contributed by atoms with van der Waals surface area (Å²) in [6.07, 6.45) is -10.2. The first-order valence-corrected chi connectivity index (χ1v) is 16.4. The van der Waals surface area contributed by atoms with Gasteiger partial charge in [0.1, 0.15) is 39.3 Å². The largest absolute Gasteiger partial charge is 0.476 e. The van der Waals surface area contributed by atoms with Gasteiger partial charge in [-0.1, -0.05) is 46.4 Å². The van der Waals surface area contributed by atoms with Gasteiger partial charge in [-0.2, -0.15) is 83.4 Å². The van der Waals surface area contributed by atoms with E-state index in [-0.39, 0.29) is 33.6 Å². The van der Waals surface area contributed by atoms with Crippen LogP contribution in [0.3, 0.4) is 0 Å². The standard InChI is InChI=1S/C25H4Cl4F12N8O2S2/c26-10-1-8(22(30,31)32)2-11(27)16(10)48-20(18(14(5-42)46-48)52(50)24(36,37)38)44-7-45-21-19(53(51)25(39,40)41)15(6-43)47-49(21)17-12(28)3-9(4-13(17)29)23(33,34)35/h1-4H. The van der Waals surface area contributed by atoms with Crippen molar-refractivity contribution in [3.63, 3.8) is 0 Å². The molecular weight excluding hydrogens is 878 g/mol. The van der Waals surface area contributed by atoms with Crippen LogP contribution in [0.15, 0.2) is 44.0 Å². The maximum absolute atomic E-state index is 13.7. The van der Waals surface area contributed by atoms with Crippen molar-refractivity contribution in [3.05, 3.63) is 66.9 Å². The smallest absolute Gasteiger partial charge is 0.245 e. The van der Waals surface area contributed by atoms with E-state index in [1.54, 1.807) is 0 Å². The molecule has 2 atom stereocenters. The van der Waals surface area contributed by atoms with Gasteiger partial charge in [0.2, 0.25) is 0 Å². The van der Waals surface area contributed by atoms with Crippen molar-refractivity contribution in [1.29, 1.82) is 10.5 Å². The summed E-state index contributed by atoms with van der Waals surface area (Å²) in [7, 11) is -8.52. The van der Waals surface area contributed by atoms with Gasteiger partial charge in [0, 0.05) is 0 Å². The second-order valence-corrected chi connectivity index (χ2v) is 13.8. The van der Waals surface area contributed by atoms with Crippen molar-refractivity contribution in [2.24, 2.45) is 9.98 Å². The molecule has 0 bridgehead atoms. The highest BCUT2D eigenvalue weighted by atomic mass is 35.5. The minimum Gasteiger partial charge on any atom is -0.245 e. The van der Waals surface area contributed by atoms with Crippen LogP contribution in [0.1, 0.15) is 22.5 Å². The van der Waals surface area contributed by atoms with Crippen molar-refractivity contribution in [1.82, 2.24) is 19.6 Å². The fourth-order valence-electron chi connectivity index (χ4n) is 4.00. The molecule has 4 aromatic rings. The first-order chi connectivity index (χ1) is 24.2. The Hall–Kier alpha value is -4.16. The molecule has 0 saturated carbocycles. The van der Waals surface area contributed by atoms with Crippen molar-refractivity contribution < 1.29 is 61.1 Å². The highest BCUT2D eigenvalue weighted by molar-refractivity contribution is 7.86. The average Bonchev–Trinajstić information content (AvgIpc) is 3.55. The number of rotatable bonds is 6. The predicted molar refractivity (Wildman–Crippen MR) is 161 cm³/mol. The Balaban J connectivity index is 2.14. The van der Waals surface area contributed by atoms with E-state index in [1.807, 2.05) is 0 Å². The molecule has 0 aliphatic carbocycles. The summed E-state index contributed by atoms with van der Waals surface area (Å²) in [6, 6.07) is 4.68. The second-order valence-electron chi connectivity index (χ2n) is 9.37. The zero-order valence-corrected chi connectivity index (χ0v) is 28.7. The molecule has 0 spiro atoms. The highest BCUT2D eigenvalue weighted by Gasteiger charge is 2.45. The van der Waals surface area contributed by atoms with Gasteiger partial charge in [-0.15, -0.1) is 0 Å². The van der Waals surface area contributed by atoms with Gasteiger partial charge in [-0.3, -0.25) is 0 Å². The van der Waals surface area contributed by atoms with E-state index in [0.29, 0.717) is 0 Å². The second kappa shape index (κ2) is 14.6. The zero-order valence-electron chi connectivity index (χ0n) is 24.1. The number of benzene rings is 2. The molecule has 0 saturated heterocycles. The van der Waals surface area contributed by atoms with Crippen LogP contribution in [0.5, 0.6) is 0 Å². The quantitative estimate of drug-likeness (QED) is 0.139. The van der Waals surface area contributed by atoms with Gasteiger partial charge in [0.05, 0.1) is 31.2 Å². The Morgan fingerprint density at radius 1 is 0.585 bits per heavy atom. The van der Waals surface area contributed by atoms with Gasteiger partial charge in [-0.05, 0) is 24.3 Å². The van der Waals surface area contributed by atoms with E-state index in [4.69, 9.17) is 46.4 Å². The third-order valence-electron chi connectivity index (χ3n) is 6.06. The first kappa shape index (κ1) is 41.6. The molecule has 280 valence electrons. The Labute approximate surface area is 309 Å². The van der Waals surface area contributed by atoms with E-state index >= 15 is 0 Å². The lowest BCUT2D eigenvalue weighted by atomic mass is 10.2. The summed E-state index contributed by atoms with van der Waals surface area (Å²) in [5, 5.41) is 21.9. The van der Waals surface area contributed by atoms with Crippen LogP contribution in [0.2, 0.25) is 20.1 Å². The van der Waals surface area contributed by atoms with E-state index in [9.17, 15) is 71.6 Å². The molecule has 0 fully saturated rings. The highest BCUT2D eigenvalue weighted by Crippen LogP contribution is 2.44. The van der Waals surface area contributed by atoms with Crippen molar-refractivity contribution in [2.45, 2.75) is 33.2 Å². The molecule has 0 radical (unpaired) electrons. The Bertz CT molecular complexity index is 2160. The number of aromatic nitrogens is 4. The number of nitriles is 2. The molecule has 10 nitrogen and oxygen atoms in total. The Morgan fingerprint density at radius 3 is 1.09 bits per heavy atom. The monoisotopic (exact) mass is 880 g/mol. The number of hydrogen-bond acceptors (Lipinski definition) is 8. The third-order valence-corrected chi connectivity index (χ3v) is 9.55. The molecule has 0 aliphatic rings. The molecule has 28 heteroatoms. The predicted octanol–water partition coefficient (Wildman–Crippen LogP) is 9.84. The summed E-state index contributed by atoms with van der Waals surface area (Å²) >= 11 is 23.7. The molecule has 2 aromatic heterocycles. The van der Waals surface area contributed by atoms with Gasteiger partial charge in [0.25, 0.3) is 0 Å². The molecule has 0 aliphatic heterocycles. The van der Waals surface area contributed by atoms with Crippen LogP contribution in [0, 0.1) is 22.7 Å². The first-order valence-electron chi connectivity index (χ1n) is 12.6. The lowest BCUT2D eigenvalue weighted by molar-refractivity contribution is -0.138. The summed E-state index contributed by atoms with van der Waals surface area (Å²) < 4.78 is 187. The van der Waals surface area contributed by atoms with Crippen LogP contribution >= 0.6 is 46.4 Å². The molecule has 2 aromatic carbocycles. The van der Waals surface area contributed by atoms with Crippen LogP contribution in [0.4, 0.5) is 64.3 Å². The van der Waals surface area contributed by atoms with Crippen LogP contribution < -0.4 is 0 Å². The maximum Gasteiger partial charge on any atom is 0.476 e. The number of halogens is 16. The third kappa shape index (κ3) is 8.33. The lowest BCUT2D eigenvalue weighted by Crippen LogP contribution is -2.17. The SMILES string of the molecule is N#Cc1nn(-c2c(Cl)cc(C(F)(F)F)cc2Cl)c(N=C=Nc2c(S(=O)C(F)(F)F)c(C#N)nn2-c2c(Cl)cc(C(F)(F)F)cc2Cl)c1S(=O)C(F)(F)F. The average molecular weight is 882 g/mol. The fourth-order valence-corrected chi connectivity index (χ4v) is 6.88. The summed E-state index contributed by atoms with van der Waals surface area (Å²) in [5.41, 5.74) is -18.9. The summed E-state index contributed by atoms with van der Waals surface area (Å²) in [5.74, 6) is -2.86. The number of aliphatic imine (C=N–C) groups is 2. The van der Waals surface area contributed by atoms with E-state index in [0.717, 1.165) is 12.1 Å². The molecular formula is C25H4Cl4F12N8O2S2. The van der Waals surface area contributed by atoms with Crippen LogP contribution in [0.25, 0.3) is 11.4 Å². The normalized spacial score (nSPS) is 13.5. The molecule has 0 N–H and O–H groups in total.